The monoisotopic (exact) mass is 358 g/mol. The Morgan fingerprint density at radius 1 is 0.960 bits per heavy atom. The molecule has 4 aromatic heterocycles. The fourth-order valence-corrected chi connectivity index (χ4v) is 3.61. The lowest BCUT2D eigenvalue weighted by molar-refractivity contribution is 0.569. The molecule has 0 saturated carbocycles. The molecule has 0 aromatic carbocycles. The molecule has 4 aromatic rings. The summed E-state index contributed by atoms with van der Waals surface area (Å²) in [7, 11) is 3.00. The average Bonchev–Trinajstić information content (AvgIpc) is 3.24. The van der Waals surface area contributed by atoms with Gasteiger partial charge in [-0.05, 0) is 11.4 Å². The van der Waals surface area contributed by atoms with Crippen molar-refractivity contribution >= 4 is 32.7 Å². The van der Waals surface area contributed by atoms with Gasteiger partial charge in [-0.1, -0.05) is 0 Å². The normalized spacial score (nSPS) is 11.6. The van der Waals surface area contributed by atoms with Gasteiger partial charge in [-0.15, -0.1) is 11.3 Å². The molecule has 0 N–H and O–H groups in total. The molecule has 0 bridgehead atoms. The van der Waals surface area contributed by atoms with Gasteiger partial charge in [0.05, 0.1) is 18.2 Å². The van der Waals surface area contributed by atoms with Crippen LogP contribution < -0.4 is 16.8 Å². The molecule has 0 radical (unpaired) electrons. The van der Waals surface area contributed by atoms with Crippen LogP contribution in [0.25, 0.3) is 21.4 Å². The Labute approximate surface area is 144 Å². The van der Waals surface area contributed by atoms with E-state index in [9.17, 15) is 14.4 Å². The molecule has 0 spiro atoms. The Morgan fingerprint density at radius 2 is 1.68 bits per heavy atom. The number of nitrogens with zero attached hydrogens (tertiary/aromatic N) is 6. The van der Waals surface area contributed by atoms with Gasteiger partial charge < -0.3 is 4.57 Å². The minimum absolute atomic E-state index is 0.107. The molecular formula is C15H14N6O3S. The van der Waals surface area contributed by atoms with Crippen molar-refractivity contribution < 1.29 is 0 Å². The van der Waals surface area contributed by atoms with Gasteiger partial charge in [0.15, 0.2) is 11.2 Å². The number of thiophene rings is 1. The number of aryl methyl sites for hydroxylation is 3. The highest BCUT2D eigenvalue weighted by Crippen LogP contribution is 2.13. The topological polar surface area (TPSA) is 96.7 Å². The SMILES string of the molecule is Cn1c(=O)c2c(ncn2CCn2cnc3ccsc3c2=O)n(C)c1=O. The third-order valence-electron chi connectivity index (χ3n) is 4.23. The molecular weight excluding hydrogens is 344 g/mol. The standard InChI is InChI=1S/C15H14N6O3S/c1-18-12-10(13(22)19(2)15(18)24)20(8-17-12)4-5-21-7-16-9-3-6-25-11(9)14(21)23/h3,6-8H,4-5H2,1-2H3. The van der Waals surface area contributed by atoms with Gasteiger partial charge in [0, 0.05) is 27.2 Å². The fourth-order valence-electron chi connectivity index (χ4n) is 2.82. The molecule has 0 atom stereocenters. The van der Waals surface area contributed by atoms with E-state index < -0.39 is 11.2 Å². The molecule has 0 amide bonds. The van der Waals surface area contributed by atoms with E-state index in [1.54, 1.807) is 17.7 Å². The van der Waals surface area contributed by atoms with E-state index >= 15 is 0 Å². The van der Waals surface area contributed by atoms with Crippen molar-refractivity contribution in [3.05, 3.63) is 55.3 Å². The van der Waals surface area contributed by atoms with E-state index in [2.05, 4.69) is 9.97 Å². The summed E-state index contributed by atoms with van der Waals surface area (Å²) in [6.45, 7) is 0.708. The lowest BCUT2D eigenvalue weighted by Crippen LogP contribution is -2.37. The highest BCUT2D eigenvalue weighted by Gasteiger charge is 2.14. The molecule has 0 aliphatic rings. The molecule has 0 saturated heterocycles. The summed E-state index contributed by atoms with van der Waals surface area (Å²) >= 11 is 1.36. The van der Waals surface area contributed by atoms with E-state index in [1.807, 2.05) is 5.38 Å². The molecule has 0 unspecified atom stereocenters. The summed E-state index contributed by atoms with van der Waals surface area (Å²) < 4.78 is 6.15. The Balaban J connectivity index is 1.76. The summed E-state index contributed by atoms with van der Waals surface area (Å²) in [6, 6.07) is 1.80. The number of imidazole rings is 1. The molecule has 4 heterocycles. The van der Waals surface area contributed by atoms with Crippen LogP contribution in [0.4, 0.5) is 0 Å². The van der Waals surface area contributed by atoms with Gasteiger partial charge in [0.2, 0.25) is 0 Å². The summed E-state index contributed by atoms with van der Waals surface area (Å²) in [5.74, 6) is 0. The predicted molar refractivity (Wildman–Crippen MR) is 94.1 cm³/mol. The fraction of sp³-hybridized carbons (Fsp3) is 0.267. The van der Waals surface area contributed by atoms with Gasteiger partial charge in [-0.25, -0.2) is 14.8 Å². The van der Waals surface area contributed by atoms with E-state index in [0.717, 1.165) is 4.57 Å². The first kappa shape index (κ1) is 15.5. The zero-order valence-corrected chi connectivity index (χ0v) is 14.4. The van der Waals surface area contributed by atoms with Crippen LogP contribution in [0.15, 0.2) is 38.5 Å². The minimum atomic E-state index is -0.425. The van der Waals surface area contributed by atoms with Crippen molar-refractivity contribution in [2.45, 2.75) is 13.1 Å². The maximum absolute atomic E-state index is 12.4. The summed E-state index contributed by atoms with van der Waals surface area (Å²) in [6.07, 6.45) is 3.01. The first-order valence-electron chi connectivity index (χ1n) is 7.52. The van der Waals surface area contributed by atoms with Gasteiger partial charge in [-0.3, -0.25) is 23.3 Å². The largest absolute Gasteiger partial charge is 0.332 e. The molecule has 0 aliphatic carbocycles. The lowest BCUT2D eigenvalue weighted by atomic mass is 10.4. The van der Waals surface area contributed by atoms with Gasteiger partial charge in [0.25, 0.3) is 11.1 Å². The third kappa shape index (κ3) is 2.25. The number of hydrogen-bond acceptors (Lipinski definition) is 6. The number of hydrogen-bond donors (Lipinski definition) is 0. The van der Waals surface area contributed by atoms with Crippen molar-refractivity contribution in [3.8, 4) is 0 Å². The number of rotatable bonds is 3. The van der Waals surface area contributed by atoms with Crippen molar-refractivity contribution in [2.75, 3.05) is 0 Å². The zero-order valence-electron chi connectivity index (χ0n) is 13.5. The van der Waals surface area contributed by atoms with E-state index in [0.29, 0.717) is 34.5 Å². The van der Waals surface area contributed by atoms with Crippen molar-refractivity contribution in [3.63, 3.8) is 0 Å². The maximum atomic E-state index is 12.4. The smallest absolute Gasteiger partial charge is 0.323 e. The van der Waals surface area contributed by atoms with Gasteiger partial charge in [-0.2, -0.15) is 0 Å². The molecule has 0 aliphatic heterocycles. The van der Waals surface area contributed by atoms with Crippen LogP contribution in [-0.2, 0) is 27.2 Å². The Hall–Kier alpha value is -3.01. The number of fused-ring (bicyclic) bond motifs is 2. The highest BCUT2D eigenvalue weighted by molar-refractivity contribution is 7.17. The molecule has 4 rings (SSSR count). The zero-order chi connectivity index (χ0) is 17.7. The second-order valence-corrected chi connectivity index (χ2v) is 6.61. The van der Waals surface area contributed by atoms with Crippen molar-refractivity contribution in [2.24, 2.45) is 14.1 Å². The highest BCUT2D eigenvalue weighted by atomic mass is 32.1. The molecule has 10 heteroatoms. The van der Waals surface area contributed by atoms with Gasteiger partial charge >= 0.3 is 5.69 Å². The second kappa shape index (κ2) is 5.52. The molecule has 25 heavy (non-hydrogen) atoms. The lowest BCUT2D eigenvalue weighted by Gasteiger charge is -2.08. The predicted octanol–water partition coefficient (Wildman–Crippen LogP) is -0.0947. The van der Waals surface area contributed by atoms with Crippen LogP contribution in [-0.4, -0.2) is 28.2 Å². The van der Waals surface area contributed by atoms with E-state index in [1.165, 1.54) is 40.2 Å². The second-order valence-electron chi connectivity index (χ2n) is 5.69. The molecule has 0 fully saturated rings. The molecule has 128 valence electrons. The van der Waals surface area contributed by atoms with Crippen molar-refractivity contribution in [1.29, 1.82) is 0 Å². The third-order valence-corrected chi connectivity index (χ3v) is 5.13. The van der Waals surface area contributed by atoms with Gasteiger partial charge in [0.1, 0.15) is 4.70 Å². The van der Waals surface area contributed by atoms with Crippen LogP contribution in [0.1, 0.15) is 0 Å². The van der Waals surface area contributed by atoms with E-state index in [-0.39, 0.29) is 5.56 Å². The first-order chi connectivity index (χ1) is 12.0. The van der Waals surface area contributed by atoms with Crippen LogP contribution in [0.5, 0.6) is 0 Å². The summed E-state index contributed by atoms with van der Waals surface area (Å²) in [5.41, 5.74) is 0.407. The summed E-state index contributed by atoms with van der Waals surface area (Å²) in [4.78, 5) is 45.2. The Kier molecular flexibility index (Phi) is 3.42. The van der Waals surface area contributed by atoms with Crippen LogP contribution in [0.2, 0.25) is 0 Å². The quantitative estimate of drug-likeness (QED) is 0.510. The van der Waals surface area contributed by atoms with Crippen LogP contribution in [0.3, 0.4) is 0 Å². The van der Waals surface area contributed by atoms with Crippen LogP contribution in [0, 0.1) is 0 Å². The van der Waals surface area contributed by atoms with E-state index in [4.69, 9.17) is 0 Å². The average molecular weight is 358 g/mol. The minimum Gasteiger partial charge on any atom is -0.323 e. The summed E-state index contributed by atoms with van der Waals surface area (Å²) in [5, 5.41) is 1.83. The first-order valence-corrected chi connectivity index (χ1v) is 8.40. The van der Waals surface area contributed by atoms with Crippen molar-refractivity contribution in [1.82, 2.24) is 28.2 Å². The Bertz CT molecular complexity index is 1290. The maximum Gasteiger partial charge on any atom is 0.332 e. The number of aromatic nitrogens is 6. The molecule has 9 nitrogen and oxygen atoms in total. The Morgan fingerprint density at radius 3 is 2.48 bits per heavy atom. The van der Waals surface area contributed by atoms with Crippen LogP contribution >= 0.6 is 11.3 Å².